The second-order valence-corrected chi connectivity index (χ2v) is 10.7. The number of nitrogens with zero attached hydrogens (tertiary/aromatic N) is 2. The smallest absolute Gasteiger partial charge is 0.457 e. The molecule has 0 aliphatic carbocycles. The molecule has 0 aliphatic heterocycles. The molecule has 0 radical (unpaired) electrons. The Labute approximate surface area is 194 Å². The number of hydrogen-bond donors (Lipinski definition) is 0. The number of carbonyl (C=O) groups is 1. The van der Waals surface area contributed by atoms with Gasteiger partial charge in [-0.05, 0) is 46.4 Å². The minimum absolute atomic E-state index is 0.116. The van der Waals surface area contributed by atoms with Gasteiger partial charge in [0.05, 0.1) is 6.61 Å². The lowest BCUT2D eigenvalue weighted by Gasteiger charge is -2.21. The third kappa shape index (κ3) is 5.21. The van der Waals surface area contributed by atoms with E-state index >= 15 is 0 Å². The van der Waals surface area contributed by atoms with Gasteiger partial charge in [-0.25, -0.2) is 8.42 Å². The predicted molar refractivity (Wildman–Crippen MR) is 130 cm³/mol. The van der Waals surface area contributed by atoms with Gasteiger partial charge in [0.2, 0.25) is 0 Å². The van der Waals surface area contributed by atoms with Crippen molar-refractivity contribution in [3.63, 3.8) is 0 Å². The van der Waals surface area contributed by atoms with Gasteiger partial charge in [0.1, 0.15) is 10.6 Å². The summed E-state index contributed by atoms with van der Waals surface area (Å²) in [6.07, 6.45) is 1.63. The lowest BCUT2D eigenvalue weighted by Crippen LogP contribution is -2.27. The number of hydrogen-bond acceptors (Lipinski definition) is 4. The number of carbonyl (C=O) groups excluding carboxylic acids is 1. The van der Waals surface area contributed by atoms with E-state index in [1.165, 1.54) is 12.1 Å². The predicted octanol–water partition coefficient (Wildman–Crippen LogP) is 5.60. The number of fused-ring (bicyclic) bond motifs is 1. The third-order valence-electron chi connectivity index (χ3n) is 5.41. The van der Waals surface area contributed by atoms with E-state index < -0.39 is 20.7 Å². The number of unbranched alkanes of at least 4 members (excludes halogenated alkanes) is 1. The van der Waals surface area contributed by atoms with Gasteiger partial charge in [-0.2, -0.15) is 0 Å². The van der Waals surface area contributed by atoms with Gasteiger partial charge < -0.3 is 10.3 Å². The fourth-order valence-corrected chi connectivity index (χ4v) is 4.76. The minimum atomic E-state index is -4.48. The van der Waals surface area contributed by atoms with E-state index in [1.807, 2.05) is 52.0 Å². The Morgan fingerprint density at radius 2 is 1.70 bits per heavy atom. The van der Waals surface area contributed by atoms with Crippen LogP contribution in [0.1, 0.15) is 56.5 Å². The molecule has 3 aromatic rings. The van der Waals surface area contributed by atoms with Crippen molar-refractivity contribution in [2.24, 2.45) is 0 Å². The van der Waals surface area contributed by atoms with Gasteiger partial charge in [0.15, 0.2) is 0 Å². The fourth-order valence-electron chi connectivity index (χ4n) is 3.41. The van der Waals surface area contributed by atoms with Crippen LogP contribution in [0.15, 0.2) is 65.6 Å². The normalized spacial score (nSPS) is 11.8. The first-order chi connectivity index (χ1) is 15.6. The van der Waals surface area contributed by atoms with Gasteiger partial charge >= 0.3 is 5.04 Å². The quantitative estimate of drug-likeness (QED) is 0.113. The standard InChI is InChI=1S/C26H28N2O4S/c1-5-6-15-32-22-14-13-21(26(2,3)4)17-23(22)33(30,31)25(28-27)24(29)20-12-11-18-9-7-8-10-19(18)16-20/h7-14,16-17H,5-6,15H2,1-4H3. The molecule has 6 nitrogen and oxygen atoms in total. The molecule has 0 aliphatic rings. The van der Waals surface area contributed by atoms with Crippen molar-refractivity contribution in [3.05, 3.63) is 77.3 Å². The van der Waals surface area contributed by atoms with E-state index in [0.29, 0.717) is 6.61 Å². The molecule has 3 aromatic carbocycles. The zero-order valence-electron chi connectivity index (χ0n) is 19.3. The average Bonchev–Trinajstić information content (AvgIpc) is 2.78. The summed E-state index contributed by atoms with van der Waals surface area (Å²) in [5.41, 5.74) is 10.2. The highest BCUT2D eigenvalue weighted by Crippen LogP contribution is 2.32. The van der Waals surface area contributed by atoms with E-state index in [-0.39, 0.29) is 21.6 Å². The minimum Gasteiger partial charge on any atom is -0.492 e. The third-order valence-corrected chi connectivity index (χ3v) is 7.08. The van der Waals surface area contributed by atoms with Gasteiger partial charge in [0.25, 0.3) is 15.6 Å². The zero-order chi connectivity index (χ0) is 24.2. The van der Waals surface area contributed by atoms with E-state index in [0.717, 1.165) is 29.2 Å². The number of benzene rings is 3. The first-order valence-corrected chi connectivity index (χ1v) is 12.4. The van der Waals surface area contributed by atoms with Crippen LogP contribution in [-0.2, 0) is 15.3 Å². The van der Waals surface area contributed by atoms with Crippen molar-refractivity contribution in [3.8, 4) is 5.75 Å². The molecule has 3 rings (SSSR count). The molecule has 0 N–H and O–H groups in total. The molecule has 0 saturated heterocycles. The van der Waals surface area contributed by atoms with Crippen molar-refractivity contribution >= 4 is 31.4 Å². The number of ketones is 1. The number of Topliss-reactive ketones (excluding diaryl/α,β-unsaturated/α-hetero) is 1. The summed E-state index contributed by atoms with van der Waals surface area (Å²) < 4.78 is 32.9. The Kier molecular flexibility index (Phi) is 7.15. The van der Waals surface area contributed by atoms with Crippen LogP contribution in [0.3, 0.4) is 0 Å². The second kappa shape index (κ2) is 9.69. The number of ether oxygens (including phenoxy) is 1. The zero-order valence-corrected chi connectivity index (χ0v) is 20.1. The Balaban J connectivity index is 2.10. The summed E-state index contributed by atoms with van der Waals surface area (Å²) in [4.78, 5) is 15.9. The highest BCUT2D eigenvalue weighted by Gasteiger charge is 2.40. The van der Waals surface area contributed by atoms with Gasteiger partial charge in [0, 0.05) is 5.56 Å². The molecular formula is C26H28N2O4S. The molecule has 0 atom stereocenters. The van der Waals surface area contributed by atoms with Gasteiger partial charge in [-0.15, -0.1) is 4.79 Å². The maximum Gasteiger partial charge on any atom is 0.457 e. The van der Waals surface area contributed by atoms with Crippen LogP contribution in [0, 0.1) is 0 Å². The van der Waals surface area contributed by atoms with Crippen LogP contribution < -0.4 is 4.74 Å². The summed E-state index contributed by atoms with van der Waals surface area (Å²) in [6, 6.07) is 17.1. The van der Waals surface area contributed by atoms with Crippen LogP contribution >= 0.6 is 0 Å². The molecule has 0 heterocycles. The summed E-state index contributed by atoms with van der Waals surface area (Å²) in [5, 5.41) is 0.740. The van der Waals surface area contributed by atoms with E-state index in [1.54, 1.807) is 24.3 Å². The second-order valence-electron chi connectivity index (χ2n) is 8.91. The van der Waals surface area contributed by atoms with E-state index in [9.17, 15) is 18.7 Å². The molecule has 7 heteroatoms. The summed E-state index contributed by atoms with van der Waals surface area (Å²) >= 11 is 0. The maximum atomic E-state index is 13.6. The molecule has 0 spiro atoms. The van der Waals surface area contributed by atoms with Crippen LogP contribution in [0.4, 0.5) is 0 Å². The topological polar surface area (TPSA) is 96.8 Å². The Bertz CT molecular complexity index is 1350. The average molecular weight is 465 g/mol. The Morgan fingerprint density at radius 3 is 2.33 bits per heavy atom. The van der Waals surface area contributed by atoms with Crippen molar-refractivity contribution in [2.75, 3.05) is 6.61 Å². The van der Waals surface area contributed by atoms with Crippen molar-refractivity contribution in [1.29, 1.82) is 0 Å². The van der Waals surface area contributed by atoms with Crippen LogP contribution in [-0.4, -0.2) is 30.6 Å². The first kappa shape index (κ1) is 24.4. The van der Waals surface area contributed by atoms with Gasteiger partial charge in [-0.1, -0.05) is 76.6 Å². The Morgan fingerprint density at radius 1 is 1.00 bits per heavy atom. The van der Waals surface area contributed by atoms with Gasteiger partial charge in [-0.3, -0.25) is 4.79 Å². The largest absolute Gasteiger partial charge is 0.492 e. The first-order valence-electron chi connectivity index (χ1n) is 10.9. The molecular weight excluding hydrogens is 436 g/mol. The molecule has 0 amide bonds. The highest BCUT2D eigenvalue weighted by molar-refractivity contribution is 8.08. The molecule has 172 valence electrons. The van der Waals surface area contributed by atoms with Crippen molar-refractivity contribution in [1.82, 2.24) is 0 Å². The lowest BCUT2D eigenvalue weighted by atomic mass is 9.87. The van der Waals surface area contributed by atoms with Crippen molar-refractivity contribution < 1.29 is 22.7 Å². The Hall–Kier alpha value is -3.28. The molecule has 0 aromatic heterocycles. The lowest BCUT2D eigenvalue weighted by molar-refractivity contribution is -0.00159. The summed E-state index contributed by atoms with van der Waals surface area (Å²) in [5.74, 6) is -0.757. The molecule has 0 fully saturated rings. The van der Waals surface area contributed by atoms with Crippen LogP contribution in [0.5, 0.6) is 5.75 Å². The molecule has 0 unspecified atom stereocenters. The number of sulfone groups is 1. The van der Waals surface area contributed by atoms with Crippen LogP contribution in [0.2, 0.25) is 0 Å². The fraction of sp³-hybridized carbons (Fsp3) is 0.308. The van der Waals surface area contributed by atoms with E-state index in [2.05, 4.69) is 4.79 Å². The molecule has 0 saturated carbocycles. The highest BCUT2D eigenvalue weighted by atomic mass is 32.2. The van der Waals surface area contributed by atoms with Crippen LogP contribution in [0.25, 0.3) is 16.3 Å². The molecule has 33 heavy (non-hydrogen) atoms. The monoisotopic (exact) mass is 464 g/mol. The van der Waals surface area contributed by atoms with Crippen molar-refractivity contribution in [2.45, 2.75) is 50.8 Å². The van der Waals surface area contributed by atoms with E-state index in [4.69, 9.17) is 4.74 Å². The number of rotatable bonds is 7. The maximum absolute atomic E-state index is 13.6. The summed E-state index contributed by atoms with van der Waals surface area (Å²) in [6.45, 7) is 8.20. The summed E-state index contributed by atoms with van der Waals surface area (Å²) in [7, 11) is -4.48. The molecule has 0 bridgehead atoms. The SMILES string of the molecule is CCCCOc1ccc(C(C)(C)C)cc1S(=O)(=O)C(=[N+]=[N-])C(=O)c1ccc2ccccc2c1.